The molecule has 0 radical (unpaired) electrons. The van der Waals surface area contributed by atoms with Crippen LogP contribution in [0.3, 0.4) is 0 Å². The lowest BCUT2D eigenvalue weighted by atomic mass is 10.0. The first-order chi connectivity index (χ1) is 13.6. The molecule has 0 bridgehead atoms. The van der Waals surface area contributed by atoms with Crippen molar-refractivity contribution >= 4 is 12.2 Å². The maximum Gasteiger partial charge on any atom is 0.434 e. The summed E-state index contributed by atoms with van der Waals surface area (Å²) < 4.78 is 55.7. The molecule has 0 atom stereocenters. The standard InChI is InChI=1S/C20H15F4N3O2/c1-26(2)19(29)16-8-4-7-15(17(16)21)12-5-3-6-14(9-12)27-18(20(22,23)24)13(11-28)10-25-27/h3-11H,1-2H3. The van der Waals surface area contributed by atoms with E-state index < -0.39 is 29.2 Å². The predicted molar refractivity (Wildman–Crippen MR) is 97.4 cm³/mol. The second-order valence-electron chi connectivity index (χ2n) is 6.39. The van der Waals surface area contributed by atoms with E-state index in [1.54, 1.807) is 0 Å². The average molecular weight is 405 g/mol. The molecule has 0 spiro atoms. The Hall–Kier alpha value is -3.49. The van der Waals surface area contributed by atoms with E-state index in [9.17, 15) is 27.2 Å². The summed E-state index contributed by atoms with van der Waals surface area (Å²) in [4.78, 5) is 24.3. The van der Waals surface area contributed by atoms with Gasteiger partial charge in [0.25, 0.3) is 5.91 Å². The molecule has 0 unspecified atom stereocenters. The molecule has 150 valence electrons. The van der Waals surface area contributed by atoms with Crippen molar-refractivity contribution in [3.05, 3.63) is 71.3 Å². The Labute approximate surface area is 163 Å². The van der Waals surface area contributed by atoms with Gasteiger partial charge in [-0.2, -0.15) is 18.3 Å². The van der Waals surface area contributed by atoms with Crippen LogP contribution in [0, 0.1) is 5.82 Å². The molecular formula is C20H15F4N3O2. The second kappa shape index (κ2) is 7.50. The first-order valence-electron chi connectivity index (χ1n) is 8.36. The number of halogens is 4. The van der Waals surface area contributed by atoms with E-state index in [4.69, 9.17) is 0 Å². The number of aldehydes is 1. The molecule has 1 aromatic heterocycles. The van der Waals surface area contributed by atoms with Crippen molar-refractivity contribution in [2.75, 3.05) is 14.1 Å². The van der Waals surface area contributed by atoms with E-state index in [0.717, 1.165) is 6.20 Å². The summed E-state index contributed by atoms with van der Waals surface area (Å²) >= 11 is 0. The zero-order valence-corrected chi connectivity index (χ0v) is 15.4. The molecular weight excluding hydrogens is 390 g/mol. The number of carbonyl (C=O) groups excluding carboxylic acids is 2. The molecule has 0 aliphatic heterocycles. The number of benzene rings is 2. The minimum absolute atomic E-state index is 0.00772. The van der Waals surface area contributed by atoms with Gasteiger partial charge in [0.05, 0.1) is 23.0 Å². The van der Waals surface area contributed by atoms with Crippen LogP contribution in [0.1, 0.15) is 26.4 Å². The maximum absolute atomic E-state index is 14.9. The van der Waals surface area contributed by atoms with Crippen molar-refractivity contribution in [3.63, 3.8) is 0 Å². The Morgan fingerprint density at radius 3 is 2.45 bits per heavy atom. The molecule has 5 nitrogen and oxygen atoms in total. The molecule has 3 aromatic rings. The molecule has 3 rings (SSSR count). The fourth-order valence-electron chi connectivity index (χ4n) is 2.89. The SMILES string of the molecule is CN(C)C(=O)c1cccc(-c2cccc(-n3ncc(C=O)c3C(F)(F)F)c2)c1F. The highest BCUT2D eigenvalue weighted by Crippen LogP contribution is 2.34. The third-order valence-electron chi connectivity index (χ3n) is 4.23. The molecule has 1 amide bonds. The molecule has 2 aromatic carbocycles. The molecule has 0 aliphatic rings. The fourth-order valence-corrected chi connectivity index (χ4v) is 2.89. The quantitative estimate of drug-likeness (QED) is 0.483. The third-order valence-corrected chi connectivity index (χ3v) is 4.23. The Balaban J connectivity index is 2.14. The highest BCUT2D eigenvalue weighted by Gasteiger charge is 2.38. The lowest BCUT2D eigenvalue weighted by molar-refractivity contribution is -0.143. The fraction of sp³-hybridized carbons (Fsp3) is 0.150. The maximum atomic E-state index is 14.9. The zero-order valence-electron chi connectivity index (χ0n) is 15.4. The van der Waals surface area contributed by atoms with Gasteiger partial charge in [-0.05, 0) is 23.8 Å². The minimum atomic E-state index is -4.81. The molecule has 1 heterocycles. The monoisotopic (exact) mass is 405 g/mol. The van der Waals surface area contributed by atoms with Crippen LogP contribution >= 0.6 is 0 Å². The minimum Gasteiger partial charge on any atom is -0.345 e. The van der Waals surface area contributed by atoms with Crippen molar-refractivity contribution in [3.8, 4) is 16.8 Å². The van der Waals surface area contributed by atoms with Gasteiger partial charge in [-0.3, -0.25) is 9.59 Å². The van der Waals surface area contributed by atoms with E-state index >= 15 is 0 Å². The van der Waals surface area contributed by atoms with Crippen LogP contribution in [-0.2, 0) is 6.18 Å². The van der Waals surface area contributed by atoms with Crippen molar-refractivity contribution in [1.29, 1.82) is 0 Å². The number of alkyl halides is 3. The van der Waals surface area contributed by atoms with Crippen LogP contribution in [0.4, 0.5) is 17.6 Å². The number of aromatic nitrogens is 2. The second-order valence-corrected chi connectivity index (χ2v) is 6.39. The van der Waals surface area contributed by atoms with Crippen LogP contribution in [-0.4, -0.2) is 41.0 Å². The van der Waals surface area contributed by atoms with Gasteiger partial charge in [0.2, 0.25) is 0 Å². The van der Waals surface area contributed by atoms with E-state index in [-0.39, 0.29) is 28.7 Å². The summed E-state index contributed by atoms with van der Waals surface area (Å²) in [6.45, 7) is 0. The molecule has 0 aliphatic carbocycles. The number of nitrogens with zero attached hydrogens (tertiary/aromatic N) is 3. The average Bonchev–Trinajstić information content (AvgIpc) is 3.12. The van der Waals surface area contributed by atoms with Gasteiger partial charge >= 0.3 is 6.18 Å². The van der Waals surface area contributed by atoms with Crippen LogP contribution < -0.4 is 0 Å². The van der Waals surface area contributed by atoms with Gasteiger partial charge < -0.3 is 4.90 Å². The zero-order chi connectivity index (χ0) is 21.3. The number of hydrogen-bond donors (Lipinski definition) is 0. The van der Waals surface area contributed by atoms with E-state index in [1.807, 2.05) is 0 Å². The predicted octanol–water partition coefficient (Wildman–Crippen LogP) is 4.21. The topological polar surface area (TPSA) is 55.2 Å². The van der Waals surface area contributed by atoms with Crippen molar-refractivity contribution in [2.24, 2.45) is 0 Å². The van der Waals surface area contributed by atoms with Crippen molar-refractivity contribution in [2.45, 2.75) is 6.18 Å². The first-order valence-corrected chi connectivity index (χ1v) is 8.36. The van der Waals surface area contributed by atoms with E-state index in [2.05, 4.69) is 5.10 Å². The summed E-state index contributed by atoms with van der Waals surface area (Å²) in [6.07, 6.45) is -3.92. The lowest BCUT2D eigenvalue weighted by Gasteiger charge is -2.14. The summed E-state index contributed by atoms with van der Waals surface area (Å²) in [7, 11) is 2.96. The van der Waals surface area contributed by atoms with Gasteiger partial charge in [-0.1, -0.05) is 24.3 Å². The van der Waals surface area contributed by atoms with Crippen molar-refractivity contribution < 1.29 is 27.2 Å². The van der Waals surface area contributed by atoms with Crippen LogP contribution in [0.15, 0.2) is 48.7 Å². The molecule has 0 fully saturated rings. The molecule has 0 N–H and O–H groups in total. The highest BCUT2D eigenvalue weighted by atomic mass is 19.4. The van der Waals surface area contributed by atoms with Crippen LogP contribution in [0.25, 0.3) is 16.8 Å². The highest BCUT2D eigenvalue weighted by molar-refractivity contribution is 5.95. The van der Waals surface area contributed by atoms with Gasteiger partial charge in [0.1, 0.15) is 5.82 Å². The normalized spacial score (nSPS) is 11.4. The van der Waals surface area contributed by atoms with Crippen LogP contribution in [0.5, 0.6) is 0 Å². The summed E-state index contributed by atoms with van der Waals surface area (Å²) in [5.74, 6) is -1.32. The Morgan fingerprint density at radius 2 is 1.83 bits per heavy atom. The number of amides is 1. The third kappa shape index (κ3) is 3.75. The van der Waals surface area contributed by atoms with Crippen molar-refractivity contribution in [1.82, 2.24) is 14.7 Å². The Morgan fingerprint density at radius 1 is 1.14 bits per heavy atom. The molecule has 0 saturated heterocycles. The molecule has 29 heavy (non-hydrogen) atoms. The molecule has 9 heteroatoms. The number of hydrogen-bond acceptors (Lipinski definition) is 3. The number of carbonyl (C=O) groups is 2. The van der Waals surface area contributed by atoms with Gasteiger partial charge in [-0.15, -0.1) is 0 Å². The smallest absolute Gasteiger partial charge is 0.345 e. The number of rotatable bonds is 4. The van der Waals surface area contributed by atoms with E-state index in [1.165, 1.54) is 61.5 Å². The van der Waals surface area contributed by atoms with Gasteiger partial charge in [-0.25, -0.2) is 9.07 Å². The Bertz CT molecular complexity index is 1090. The van der Waals surface area contributed by atoms with Crippen LogP contribution in [0.2, 0.25) is 0 Å². The van der Waals surface area contributed by atoms with E-state index in [0.29, 0.717) is 4.68 Å². The first kappa shape index (κ1) is 20.2. The largest absolute Gasteiger partial charge is 0.434 e. The summed E-state index contributed by atoms with van der Waals surface area (Å²) in [5, 5.41) is 3.66. The lowest BCUT2D eigenvalue weighted by Crippen LogP contribution is -2.23. The summed E-state index contributed by atoms with van der Waals surface area (Å²) in [5.41, 5.74) is -1.68. The van der Waals surface area contributed by atoms with Gasteiger partial charge in [0, 0.05) is 19.7 Å². The molecule has 0 saturated carbocycles. The summed E-state index contributed by atoms with van der Waals surface area (Å²) in [6, 6.07) is 9.84. The van der Waals surface area contributed by atoms with Gasteiger partial charge in [0.15, 0.2) is 12.0 Å². The Kier molecular flexibility index (Phi) is 5.23.